The van der Waals surface area contributed by atoms with E-state index in [4.69, 9.17) is 14.6 Å². The number of hydrogen-bond acceptors (Lipinski definition) is 5. The normalized spacial score (nSPS) is 12.4. The molecule has 1 amide bonds. The van der Waals surface area contributed by atoms with Gasteiger partial charge in [-0.05, 0) is 31.9 Å². The number of carbonyl (C=O) groups is 2. The molecule has 1 atom stereocenters. The first-order valence-corrected chi connectivity index (χ1v) is 7.01. The maximum Gasteiger partial charge on any atom is 0.407 e. The number of methoxy groups -OCH3 is 1. The average Bonchev–Trinajstić information content (AvgIpc) is 2.45. The van der Waals surface area contributed by atoms with Crippen LogP contribution in [-0.4, -0.2) is 36.4 Å². The minimum Gasteiger partial charge on any atom is -0.468 e. The molecule has 0 aliphatic heterocycles. The van der Waals surface area contributed by atoms with Gasteiger partial charge in [-0.2, -0.15) is 0 Å². The van der Waals surface area contributed by atoms with Crippen molar-refractivity contribution in [2.75, 3.05) is 13.7 Å². The highest BCUT2D eigenvalue weighted by Gasteiger charge is 2.24. The van der Waals surface area contributed by atoms with Gasteiger partial charge in [0.05, 0.1) is 19.6 Å². The average molecular weight is 309 g/mol. The molecule has 0 fully saturated rings. The van der Waals surface area contributed by atoms with Gasteiger partial charge in [-0.25, -0.2) is 4.79 Å². The molecule has 1 unspecified atom stereocenters. The lowest BCUT2D eigenvalue weighted by Gasteiger charge is -2.21. The van der Waals surface area contributed by atoms with Gasteiger partial charge in [0, 0.05) is 6.54 Å². The van der Waals surface area contributed by atoms with Crippen LogP contribution in [-0.2, 0) is 20.9 Å². The molecule has 1 aromatic carbocycles. The number of ether oxygens (including phenoxy) is 2. The van der Waals surface area contributed by atoms with E-state index in [2.05, 4.69) is 5.32 Å². The highest BCUT2D eigenvalue weighted by molar-refractivity contribution is 5.79. The molecule has 2 N–H and O–H groups in total. The van der Waals surface area contributed by atoms with Gasteiger partial charge in [-0.3, -0.25) is 4.79 Å². The maximum absolute atomic E-state index is 11.9. The van der Waals surface area contributed by atoms with Crippen molar-refractivity contribution in [1.29, 1.82) is 0 Å². The molecule has 6 heteroatoms. The molecule has 0 aromatic heterocycles. The second-order valence-electron chi connectivity index (χ2n) is 5.86. The van der Waals surface area contributed by atoms with E-state index < -0.39 is 23.6 Å². The number of rotatable bonds is 5. The Hall–Kier alpha value is -2.08. The summed E-state index contributed by atoms with van der Waals surface area (Å²) in [4.78, 5) is 23.6. The molecule has 0 saturated heterocycles. The lowest BCUT2D eigenvalue weighted by Crippen LogP contribution is -2.36. The molecule has 0 aliphatic carbocycles. The Kier molecular flexibility index (Phi) is 6.37. The zero-order valence-corrected chi connectivity index (χ0v) is 13.4. The molecule has 0 spiro atoms. The summed E-state index contributed by atoms with van der Waals surface area (Å²) in [5, 5.41) is 11.6. The monoisotopic (exact) mass is 309 g/mol. The fraction of sp³-hybridized carbons (Fsp3) is 0.500. The van der Waals surface area contributed by atoms with E-state index in [1.54, 1.807) is 45.0 Å². The molecule has 1 rings (SSSR count). The largest absolute Gasteiger partial charge is 0.468 e. The highest BCUT2D eigenvalue weighted by Crippen LogP contribution is 2.18. The van der Waals surface area contributed by atoms with Gasteiger partial charge in [-0.1, -0.05) is 24.3 Å². The van der Waals surface area contributed by atoms with Gasteiger partial charge in [0.15, 0.2) is 0 Å². The summed E-state index contributed by atoms with van der Waals surface area (Å²) < 4.78 is 9.91. The van der Waals surface area contributed by atoms with Gasteiger partial charge >= 0.3 is 12.1 Å². The number of aliphatic hydroxyl groups excluding tert-OH is 1. The number of carbonyl (C=O) groups excluding carboxylic acids is 2. The van der Waals surface area contributed by atoms with Crippen molar-refractivity contribution in [2.45, 2.75) is 38.9 Å². The van der Waals surface area contributed by atoms with Gasteiger partial charge in [0.1, 0.15) is 5.60 Å². The lowest BCUT2D eigenvalue weighted by atomic mass is 9.98. The van der Waals surface area contributed by atoms with E-state index >= 15 is 0 Å². The minimum atomic E-state index is -0.634. The number of alkyl carbamates (subject to hydrolysis) is 1. The molecule has 0 saturated carbocycles. The second kappa shape index (κ2) is 7.79. The SMILES string of the molecule is COC(=O)C(CNC(=O)OC(C)(C)C)c1ccc(CO)cc1. The van der Waals surface area contributed by atoms with Crippen LogP contribution in [0.2, 0.25) is 0 Å². The van der Waals surface area contributed by atoms with Crippen molar-refractivity contribution >= 4 is 12.1 Å². The van der Waals surface area contributed by atoms with Crippen LogP contribution in [0.1, 0.15) is 37.8 Å². The van der Waals surface area contributed by atoms with Crippen LogP contribution >= 0.6 is 0 Å². The molecule has 1 aromatic rings. The number of amides is 1. The minimum absolute atomic E-state index is 0.0695. The van der Waals surface area contributed by atoms with E-state index in [0.29, 0.717) is 5.56 Å². The molecular weight excluding hydrogens is 286 g/mol. The Morgan fingerprint density at radius 1 is 1.23 bits per heavy atom. The van der Waals surface area contributed by atoms with Crippen LogP contribution in [0, 0.1) is 0 Å². The standard InChI is InChI=1S/C16H23NO5/c1-16(2,3)22-15(20)17-9-13(14(19)21-4)12-7-5-11(10-18)6-8-12/h5-8,13,18H,9-10H2,1-4H3,(H,17,20). The summed E-state index contributed by atoms with van der Waals surface area (Å²) in [7, 11) is 1.30. The summed E-state index contributed by atoms with van der Waals surface area (Å²) in [5.74, 6) is -1.09. The summed E-state index contributed by atoms with van der Waals surface area (Å²) >= 11 is 0. The lowest BCUT2D eigenvalue weighted by molar-refractivity contribution is -0.142. The first-order chi connectivity index (χ1) is 10.3. The third-order valence-electron chi connectivity index (χ3n) is 2.90. The fourth-order valence-corrected chi connectivity index (χ4v) is 1.83. The highest BCUT2D eigenvalue weighted by atomic mass is 16.6. The molecule has 0 aliphatic rings. The van der Waals surface area contributed by atoms with E-state index in [1.165, 1.54) is 7.11 Å². The second-order valence-corrected chi connectivity index (χ2v) is 5.86. The van der Waals surface area contributed by atoms with E-state index in [1.807, 2.05) is 0 Å². The first-order valence-electron chi connectivity index (χ1n) is 7.01. The van der Waals surface area contributed by atoms with Gasteiger partial charge in [0.25, 0.3) is 0 Å². The van der Waals surface area contributed by atoms with Crippen molar-refractivity contribution < 1.29 is 24.2 Å². The third-order valence-corrected chi connectivity index (χ3v) is 2.90. The zero-order chi connectivity index (χ0) is 16.8. The Bertz CT molecular complexity index is 504. The molecule has 0 bridgehead atoms. The van der Waals surface area contributed by atoms with Crippen molar-refractivity contribution in [3.63, 3.8) is 0 Å². The van der Waals surface area contributed by atoms with E-state index in [0.717, 1.165) is 5.56 Å². The molecule has 122 valence electrons. The number of hydrogen-bond donors (Lipinski definition) is 2. The van der Waals surface area contributed by atoms with Gasteiger partial charge in [0.2, 0.25) is 0 Å². The predicted molar refractivity (Wildman–Crippen MR) is 81.4 cm³/mol. The number of esters is 1. The number of nitrogens with one attached hydrogen (secondary N) is 1. The van der Waals surface area contributed by atoms with Crippen molar-refractivity contribution in [3.05, 3.63) is 35.4 Å². The van der Waals surface area contributed by atoms with Crippen LogP contribution < -0.4 is 5.32 Å². The van der Waals surface area contributed by atoms with Crippen LogP contribution in [0.4, 0.5) is 4.79 Å². The van der Waals surface area contributed by atoms with E-state index in [-0.39, 0.29) is 13.2 Å². The van der Waals surface area contributed by atoms with E-state index in [9.17, 15) is 9.59 Å². The van der Waals surface area contributed by atoms with Crippen LogP contribution in [0.5, 0.6) is 0 Å². The molecule has 0 heterocycles. The Balaban J connectivity index is 2.76. The van der Waals surface area contributed by atoms with Gasteiger partial charge in [-0.15, -0.1) is 0 Å². The Morgan fingerprint density at radius 3 is 2.27 bits per heavy atom. The van der Waals surface area contributed by atoms with Gasteiger partial charge < -0.3 is 19.9 Å². The van der Waals surface area contributed by atoms with Crippen molar-refractivity contribution in [2.24, 2.45) is 0 Å². The van der Waals surface area contributed by atoms with Crippen molar-refractivity contribution in [3.8, 4) is 0 Å². The van der Waals surface area contributed by atoms with Crippen molar-refractivity contribution in [1.82, 2.24) is 5.32 Å². The quantitative estimate of drug-likeness (QED) is 0.812. The first kappa shape index (κ1) is 18.0. The zero-order valence-electron chi connectivity index (χ0n) is 13.4. The fourth-order valence-electron chi connectivity index (χ4n) is 1.83. The van der Waals surface area contributed by atoms with Crippen LogP contribution in [0.25, 0.3) is 0 Å². The summed E-state index contributed by atoms with van der Waals surface area (Å²) in [6.07, 6.45) is -0.589. The number of benzene rings is 1. The smallest absolute Gasteiger partial charge is 0.407 e. The molecular formula is C16H23NO5. The summed E-state index contributed by atoms with van der Waals surface area (Å²) in [6, 6.07) is 6.89. The van der Waals surface area contributed by atoms with Crippen LogP contribution in [0.3, 0.4) is 0 Å². The summed E-state index contributed by atoms with van der Waals surface area (Å²) in [5.41, 5.74) is 0.834. The summed E-state index contributed by atoms with van der Waals surface area (Å²) in [6.45, 7) is 5.29. The number of aliphatic hydroxyl groups is 1. The maximum atomic E-state index is 11.9. The molecule has 22 heavy (non-hydrogen) atoms. The molecule has 6 nitrogen and oxygen atoms in total. The third kappa shape index (κ3) is 5.73. The Morgan fingerprint density at radius 2 is 1.82 bits per heavy atom. The topological polar surface area (TPSA) is 84.9 Å². The molecule has 0 radical (unpaired) electrons. The Labute approximate surface area is 130 Å². The van der Waals surface area contributed by atoms with Crippen LogP contribution in [0.15, 0.2) is 24.3 Å². The predicted octanol–water partition coefficient (Wildman–Crippen LogP) is 1.96.